The molecule has 36 heavy (non-hydrogen) atoms. The summed E-state index contributed by atoms with van der Waals surface area (Å²) in [6, 6.07) is 0. The van der Waals surface area contributed by atoms with Gasteiger partial charge >= 0.3 is 17.9 Å². The standard InChI is InChI=1S/C18H27N5.C6H8O7/c1-16-18(21-14-20-16)13-23(12-17-6-3-2-4-7-17)10-5-9-22-11-8-19-15-22;7-3(8)1-6(13,5(11)12)2-4(9)10/h2-3,8,11,14-15,17H,4-7,9-10,12-13H2,1H3,(H,20,21);13H,1-2H2,(H,7,8)(H,9,10)(H,11,12). The molecule has 0 aromatic carbocycles. The molecule has 2 aromatic heterocycles. The van der Waals surface area contributed by atoms with Gasteiger partial charge in [0.25, 0.3) is 0 Å². The maximum Gasteiger partial charge on any atom is 0.336 e. The minimum atomic E-state index is -2.74. The molecular weight excluding hydrogens is 470 g/mol. The van der Waals surface area contributed by atoms with Gasteiger partial charge in [-0.25, -0.2) is 14.8 Å². The average molecular weight is 506 g/mol. The Labute approximate surface area is 209 Å². The molecule has 1 unspecified atom stereocenters. The third kappa shape index (κ3) is 10.0. The second-order valence-electron chi connectivity index (χ2n) is 8.99. The maximum atomic E-state index is 10.3. The number of aliphatic carboxylic acids is 3. The van der Waals surface area contributed by atoms with Gasteiger partial charge in [0.1, 0.15) is 0 Å². The number of hydrogen-bond acceptors (Lipinski definition) is 7. The number of hydrogen-bond donors (Lipinski definition) is 5. The number of aliphatic hydroxyl groups is 1. The number of H-pyrrole nitrogens is 1. The Morgan fingerprint density at radius 1 is 1.19 bits per heavy atom. The van der Waals surface area contributed by atoms with Crippen LogP contribution in [0, 0.1) is 12.8 Å². The number of aromatic amines is 1. The van der Waals surface area contributed by atoms with Crippen LogP contribution in [0.1, 0.15) is 49.9 Å². The second-order valence-corrected chi connectivity index (χ2v) is 8.99. The first-order chi connectivity index (χ1) is 17.1. The molecule has 2 aromatic rings. The quantitative estimate of drug-likeness (QED) is 0.252. The van der Waals surface area contributed by atoms with Crippen LogP contribution in [0.15, 0.2) is 37.2 Å². The fourth-order valence-electron chi connectivity index (χ4n) is 3.99. The Hall–Kier alpha value is -3.51. The van der Waals surface area contributed by atoms with Crippen molar-refractivity contribution < 1.29 is 34.8 Å². The van der Waals surface area contributed by atoms with E-state index >= 15 is 0 Å². The van der Waals surface area contributed by atoms with Crippen molar-refractivity contribution in [3.05, 3.63) is 48.6 Å². The van der Waals surface area contributed by atoms with Crippen molar-refractivity contribution in [3.8, 4) is 0 Å². The van der Waals surface area contributed by atoms with Crippen molar-refractivity contribution in [3.63, 3.8) is 0 Å². The van der Waals surface area contributed by atoms with Gasteiger partial charge in [-0.05, 0) is 38.5 Å². The first-order valence-corrected chi connectivity index (χ1v) is 11.8. The molecule has 0 fully saturated rings. The molecule has 1 aliphatic rings. The van der Waals surface area contributed by atoms with Crippen molar-refractivity contribution in [2.75, 3.05) is 13.1 Å². The van der Waals surface area contributed by atoms with E-state index in [9.17, 15) is 14.4 Å². The van der Waals surface area contributed by atoms with Crippen LogP contribution >= 0.6 is 0 Å². The molecule has 12 heteroatoms. The first-order valence-electron chi connectivity index (χ1n) is 11.8. The molecule has 0 radical (unpaired) electrons. The number of allylic oxidation sites excluding steroid dienone is 2. The molecule has 0 aliphatic heterocycles. The summed E-state index contributed by atoms with van der Waals surface area (Å²) < 4.78 is 2.15. The first kappa shape index (κ1) is 28.7. The Kier molecular flexibility index (Phi) is 11.3. The fourth-order valence-corrected chi connectivity index (χ4v) is 3.99. The lowest BCUT2D eigenvalue weighted by molar-refractivity contribution is -0.170. The third-order valence-corrected chi connectivity index (χ3v) is 5.94. The van der Waals surface area contributed by atoms with Crippen molar-refractivity contribution in [2.45, 2.75) is 64.1 Å². The highest BCUT2D eigenvalue weighted by Gasteiger charge is 2.40. The third-order valence-electron chi connectivity index (χ3n) is 5.94. The zero-order valence-corrected chi connectivity index (χ0v) is 20.4. The van der Waals surface area contributed by atoms with Gasteiger partial charge in [0.15, 0.2) is 5.60 Å². The largest absolute Gasteiger partial charge is 0.481 e. The summed E-state index contributed by atoms with van der Waals surface area (Å²) in [7, 11) is 0. The number of rotatable bonds is 13. The highest BCUT2D eigenvalue weighted by atomic mass is 16.4. The van der Waals surface area contributed by atoms with Crippen LogP contribution in [0.2, 0.25) is 0 Å². The molecule has 5 N–H and O–H groups in total. The SMILES string of the molecule is Cc1[nH]cnc1CN(CCCn1ccnc1)CC1CC=CCC1.O=C(O)CC(O)(CC(=O)O)C(=O)O. The fraction of sp³-hybridized carbons (Fsp3) is 0.542. The number of nitrogens with one attached hydrogen (secondary N) is 1. The van der Waals surface area contributed by atoms with Gasteiger partial charge in [0.2, 0.25) is 0 Å². The topological polar surface area (TPSA) is 182 Å². The molecule has 198 valence electrons. The molecule has 0 saturated carbocycles. The molecule has 0 bridgehead atoms. The van der Waals surface area contributed by atoms with Crippen LogP contribution in [0.3, 0.4) is 0 Å². The number of aryl methyl sites for hydroxylation is 2. The van der Waals surface area contributed by atoms with Crippen molar-refractivity contribution in [1.82, 2.24) is 24.4 Å². The van der Waals surface area contributed by atoms with Crippen molar-refractivity contribution in [1.29, 1.82) is 0 Å². The Morgan fingerprint density at radius 3 is 2.42 bits per heavy atom. The summed E-state index contributed by atoms with van der Waals surface area (Å²) in [5.41, 5.74) is -0.371. The molecule has 12 nitrogen and oxygen atoms in total. The Balaban J connectivity index is 0.000000302. The molecule has 0 amide bonds. The van der Waals surface area contributed by atoms with Crippen LogP contribution in [0.25, 0.3) is 0 Å². The minimum absolute atomic E-state index is 0.785. The smallest absolute Gasteiger partial charge is 0.336 e. The predicted octanol–water partition coefficient (Wildman–Crippen LogP) is 1.91. The molecule has 0 spiro atoms. The van der Waals surface area contributed by atoms with E-state index in [1.54, 1.807) is 6.33 Å². The normalized spacial score (nSPS) is 15.4. The van der Waals surface area contributed by atoms with Gasteiger partial charge in [-0.2, -0.15) is 0 Å². The molecule has 1 aliphatic carbocycles. The summed E-state index contributed by atoms with van der Waals surface area (Å²) in [5.74, 6) is -4.23. The zero-order chi connectivity index (χ0) is 26.6. The molecule has 1 atom stereocenters. The predicted molar refractivity (Wildman–Crippen MR) is 129 cm³/mol. The van der Waals surface area contributed by atoms with E-state index in [0.29, 0.717) is 0 Å². The molecule has 3 rings (SSSR count). The highest BCUT2D eigenvalue weighted by Crippen LogP contribution is 2.21. The van der Waals surface area contributed by atoms with Gasteiger partial charge in [0, 0.05) is 44.3 Å². The van der Waals surface area contributed by atoms with Crippen LogP contribution in [0.4, 0.5) is 0 Å². The second kappa shape index (κ2) is 14.1. The number of imidazole rings is 2. The van der Waals surface area contributed by atoms with Crippen molar-refractivity contribution >= 4 is 17.9 Å². The average Bonchev–Trinajstić information content (AvgIpc) is 3.46. The minimum Gasteiger partial charge on any atom is -0.481 e. The molecule has 0 saturated heterocycles. The van der Waals surface area contributed by atoms with E-state index in [0.717, 1.165) is 32.0 Å². The highest BCUT2D eigenvalue weighted by molar-refractivity contribution is 5.88. The summed E-state index contributed by atoms with van der Waals surface area (Å²) in [4.78, 5) is 44.8. The number of carboxylic acids is 3. The van der Waals surface area contributed by atoms with Gasteiger partial charge in [0.05, 0.1) is 31.2 Å². The van der Waals surface area contributed by atoms with Gasteiger partial charge < -0.3 is 30.0 Å². The maximum absolute atomic E-state index is 10.3. The van der Waals surface area contributed by atoms with Crippen molar-refractivity contribution in [2.24, 2.45) is 5.92 Å². The monoisotopic (exact) mass is 505 g/mol. The Bertz CT molecular complexity index is 986. The van der Waals surface area contributed by atoms with E-state index in [-0.39, 0.29) is 0 Å². The number of carboxylic acid groups (broad SMARTS) is 3. The van der Waals surface area contributed by atoms with E-state index in [1.807, 2.05) is 18.7 Å². The lowest BCUT2D eigenvalue weighted by Crippen LogP contribution is -2.42. The number of aromatic nitrogens is 4. The Morgan fingerprint density at radius 2 is 1.92 bits per heavy atom. The van der Waals surface area contributed by atoms with Crippen LogP contribution in [0.5, 0.6) is 0 Å². The lowest BCUT2D eigenvalue weighted by Gasteiger charge is -2.28. The van der Waals surface area contributed by atoms with E-state index in [1.165, 1.54) is 37.2 Å². The lowest BCUT2D eigenvalue weighted by atomic mass is 9.94. The van der Waals surface area contributed by atoms with Gasteiger partial charge in [-0.15, -0.1) is 0 Å². The van der Waals surface area contributed by atoms with Crippen LogP contribution < -0.4 is 0 Å². The summed E-state index contributed by atoms with van der Waals surface area (Å²) in [6.45, 7) is 6.35. The van der Waals surface area contributed by atoms with Crippen LogP contribution in [-0.2, 0) is 27.5 Å². The van der Waals surface area contributed by atoms with Gasteiger partial charge in [-0.1, -0.05) is 12.2 Å². The van der Waals surface area contributed by atoms with E-state index < -0.39 is 36.4 Å². The number of nitrogens with zero attached hydrogens (tertiary/aromatic N) is 4. The summed E-state index contributed by atoms with van der Waals surface area (Å²) in [6.07, 6.45) is 14.9. The zero-order valence-electron chi connectivity index (χ0n) is 20.4. The summed E-state index contributed by atoms with van der Waals surface area (Å²) in [5, 5.41) is 33.8. The van der Waals surface area contributed by atoms with E-state index in [2.05, 4.69) is 43.5 Å². The van der Waals surface area contributed by atoms with Crippen LogP contribution in [-0.4, -0.2) is 81.4 Å². The summed E-state index contributed by atoms with van der Waals surface area (Å²) >= 11 is 0. The van der Waals surface area contributed by atoms with Gasteiger partial charge in [-0.3, -0.25) is 14.5 Å². The molecule has 2 heterocycles. The molecular formula is C24H35N5O7. The number of carbonyl (C=O) groups is 3. The van der Waals surface area contributed by atoms with E-state index in [4.69, 9.17) is 20.4 Å².